The monoisotopic (exact) mass is 251 g/mol. The minimum Gasteiger partial charge on any atom is -0.455 e. The first-order valence-electron chi connectivity index (χ1n) is 4.73. The molecule has 0 bridgehead atoms. The first-order chi connectivity index (χ1) is 8.20. The predicted molar refractivity (Wildman–Crippen MR) is 61.1 cm³/mol. The Bertz CT molecular complexity index is 560. The Morgan fingerprint density at radius 1 is 1.35 bits per heavy atom. The van der Waals surface area contributed by atoms with Crippen LogP contribution >= 0.6 is 11.6 Å². The maximum Gasteiger partial charge on any atom is 0.156 e. The quantitative estimate of drug-likeness (QED) is 0.784. The lowest BCUT2D eigenvalue weighted by molar-refractivity contribution is 0.111. The van der Waals surface area contributed by atoms with Crippen LogP contribution in [0.5, 0.6) is 11.5 Å². The minimum absolute atomic E-state index is 0.129. The van der Waals surface area contributed by atoms with Gasteiger partial charge in [-0.15, -0.1) is 0 Å². The van der Waals surface area contributed by atoms with Gasteiger partial charge in [-0.2, -0.15) is 0 Å². The van der Waals surface area contributed by atoms with Crippen molar-refractivity contribution in [1.82, 2.24) is 4.98 Å². The topological polar surface area (TPSA) is 39.2 Å². The van der Waals surface area contributed by atoms with Gasteiger partial charge < -0.3 is 4.74 Å². The molecule has 17 heavy (non-hydrogen) atoms. The van der Waals surface area contributed by atoms with Gasteiger partial charge in [0.05, 0.1) is 16.8 Å². The molecule has 1 heterocycles. The number of aldehydes is 1. The minimum atomic E-state index is -0.632. The Balaban J connectivity index is 2.36. The van der Waals surface area contributed by atoms with Crippen molar-refractivity contribution in [3.05, 3.63) is 53.1 Å². The van der Waals surface area contributed by atoms with E-state index < -0.39 is 5.82 Å². The first-order valence-corrected chi connectivity index (χ1v) is 5.10. The lowest BCUT2D eigenvalue weighted by atomic mass is 10.2. The van der Waals surface area contributed by atoms with Gasteiger partial charge in [0.15, 0.2) is 6.29 Å². The van der Waals surface area contributed by atoms with Crippen LogP contribution in [0.2, 0.25) is 5.02 Å². The molecule has 0 saturated carbocycles. The Hall–Kier alpha value is -1.94. The summed E-state index contributed by atoms with van der Waals surface area (Å²) in [4.78, 5) is 14.6. The highest BCUT2D eigenvalue weighted by Crippen LogP contribution is 2.26. The largest absolute Gasteiger partial charge is 0.455 e. The van der Waals surface area contributed by atoms with E-state index in [1.807, 2.05) is 0 Å². The van der Waals surface area contributed by atoms with Crippen LogP contribution in [-0.4, -0.2) is 11.3 Å². The highest BCUT2D eigenvalue weighted by atomic mass is 35.5. The summed E-state index contributed by atoms with van der Waals surface area (Å²) >= 11 is 5.73. The second-order valence-corrected chi connectivity index (χ2v) is 3.65. The van der Waals surface area contributed by atoms with Crippen molar-refractivity contribution >= 4 is 17.9 Å². The lowest BCUT2D eigenvalue weighted by Crippen LogP contribution is -1.94. The standard InChI is InChI=1S/C12H7ClFNO2/c13-8-4-9(6-15-5-8)17-12-3-1-2-11(14)10(12)7-16/h1-7H. The Morgan fingerprint density at radius 2 is 2.18 bits per heavy atom. The summed E-state index contributed by atoms with van der Waals surface area (Å²) < 4.78 is 18.6. The molecule has 0 saturated heterocycles. The van der Waals surface area contributed by atoms with E-state index in [0.717, 1.165) is 0 Å². The lowest BCUT2D eigenvalue weighted by Gasteiger charge is -2.07. The van der Waals surface area contributed by atoms with Crippen molar-refractivity contribution in [1.29, 1.82) is 0 Å². The summed E-state index contributed by atoms with van der Waals surface area (Å²) in [6, 6.07) is 5.66. The van der Waals surface area contributed by atoms with Crippen molar-refractivity contribution in [2.45, 2.75) is 0 Å². The number of rotatable bonds is 3. The van der Waals surface area contributed by atoms with E-state index in [-0.39, 0.29) is 11.3 Å². The molecule has 0 aliphatic heterocycles. The zero-order valence-corrected chi connectivity index (χ0v) is 9.32. The molecule has 0 aliphatic rings. The van der Waals surface area contributed by atoms with E-state index in [0.29, 0.717) is 17.1 Å². The zero-order valence-electron chi connectivity index (χ0n) is 8.56. The summed E-state index contributed by atoms with van der Waals surface area (Å²) in [7, 11) is 0. The fourth-order valence-electron chi connectivity index (χ4n) is 1.30. The molecule has 0 spiro atoms. The fraction of sp³-hybridized carbons (Fsp3) is 0. The van der Waals surface area contributed by atoms with E-state index in [4.69, 9.17) is 16.3 Å². The van der Waals surface area contributed by atoms with E-state index in [1.54, 1.807) is 0 Å². The van der Waals surface area contributed by atoms with Crippen LogP contribution in [0.15, 0.2) is 36.7 Å². The van der Waals surface area contributed by atoms with Crippen LogP contribution < -0.4 is 4.74 Å². The smallest absolute Gasteiger partial charge is 0.156 e. The molecule has 0 amide bonds. The molecular formula is C12H7ClFNO2. The van der Waals surface area contributed by atoms with Gasteiger partial charge in [0.2, 0.25) is 0 Å². The molecule has 1 aromatic carbocycles. The fourth-order valence-corrected chi connectivity index (χ4v) is 1.46. The van der Waals surface area contributed by atoms with Crippen molar-refractivity contribution in [3.8, 4) is 11.5 Å². The van der Waals surface area contributed by atoms with Crippen molar-refractivity contribution in [3.63, 3.8) is 0 Å². The Morgan fingerprint density at radius 3 is 2.88 bits per heavy atom. The molecule has 2 aromatic rings. The number of hydrogen-bond donors (Lipinski definition) is 0. The second-order valence-electron chi connectivity index (χ2n) is 3.21. The third-order valence-electron chi connectivity index (χ3n) is 2.04. The Kier molecular flexibility index (Phi) is 3.35. The SMILES string of the molecule is O=Cc1c(F)cccc1Oc1cncc(Cl)c1. The van der Waals surface area contributed by atoms with Crippen LogP contribution in [-0.2, 0) is 0 Å². The van der Waals surface area contributed by atoms with Gasteiger partial charge in [0.1, 0.15) is 17.3 Å². The van der Waals surface area contributed by atoms with Crippen molar-refractivity contribution in [2.75, 3.05) is 0 Å². The molecular weight excluding hydrogens is 245 g/mol. The number of carbonyl (C=O) groups excluding carboxylic acids is 1. The molecule has 86 valence electrons. The molecule has 0 aliphatic carbocycles. The molecule has 0 fully saturated rings. The maximum atomic E-state index is 13.3. The average Bonchev–Trinajstić information content (AvgIpc) is 2.29. The summed E-state index contributed by atoms with van der Waals surface area (Å²) in [6.07, 6.45) is 3.27. The van der Waals surface area contributed by atoms with E-state index >= 15 is 0 Å². The molecule has 0 unspecified atom stereocenters. The maximum absolute atomic E-state index is 13.3. The molecule has 0 radical (unpaired) electrons. The van der Waals surface area contributed by atoms with Crippen LogP contribution in [0.3, 0.4) is 0 Å². The van der Waals surface area contributed by atoms with E-state index in [2.05, 4.69) is 4.98 Å². The van der Waals surface area contributed by atoms with Gasteiger partial charge in [-0.05, 0) is 12.1 Å². The molecule has 5 heteroatoms. The summed E-state index contributed by atoms with van der Waals surface area (Å²) in [6.45, 7) is 0. The van der Waals surface area contributed by atoms with Gasteiger partial charge in [0.25, 0.3) is 0 Å². The Labute approximate surface area is 102 Å². The summed E-state index contributed by atoms with van der Waals surface area (Å²) in [5.41, 5.74) is -0.132. The number of pyridine rings is 1. The number of aromatic nitrogens is 1. The average molecular weight is 252 g/mol. The third-order valence-corrected chi connectivity index (χ3v) is 2.25. The molecule has 1 aromatic heterocycles. The summed E-state index contributed by atoms with van der Waals surface area (Å²) in [5, 5.41) is 0.395. The van der Waals surface area contributed by atoms with Gasteiger partial charge in [0, 0.05) is 12.3 Å². The van der Waals surface area contributed by atoms with Gasteiger partial charge in [-0.25, -0.2) is 4.39 Å². The molecule has 2 rings (SSSR count). The first kappa shape index (κ1) is 11.5. The second kappa shape index (κ2) is 4.93. The normalized spacial score (nSPS) is 10.0. The van der Waals surface area contributed by atoms with E-state index in [9.17, 15) is 9.18 Å². The van der Waals surface area contributed by atoms with Gasteiger partial charge in [-0.1, -0.05) is 17.7 Å². The number of carbonyl (C=O) groups is 1. The van der Waals surface area contributed by atoms with Crippen molar-refractivity contribution < 1.29 is 13.9 Å². The molecule has 3 nitrogen and oxygen atoms in total. The third kappa shape index (κ3) is 2.60. The van der Waals surface area contributed by atoms with Crippen LogP contribution in [0.25, 0.3) is 0 Å². The van der Waals surface area contributed by atoms with Crippen LogP contribution in [0.4, 0.5) is 4.39 Å². The molecule has 0 atom stereocenters. The van der Waals surface area contributed by atoms with Crippen LogP contribution in [0.1, 0.15) is 10.4 Å². The number of benzene rings is 1. The van der Waals surface area contributed by atoms with Crippen LogP contribution in [0, 0.1) is 5.82 Å². The van der Waals surface area contributed by atoms with Crippen molar-refractivity contribution in [2.24, 2.45) is 0 Å². The highest BCUT2D eigenvalue weighted by molar-refractivity contribution is 6.30. The predicted octanol–water partition coefficient (Wildman–Crippen LogP) is 3.48. The number of halogens is 2. The van der Waals surface area contributed by atoms with E-state index in [1.165, 1.54) is 36.7 Å². The highest BCUT2D eigenvalue weighted by Gasteiger charge is 2.09. The molecule has 0 N–H and O–H groups in total. The number of ether oxygens (including phenoxy) is 1. The number of nitrogens with zero attached hydrogens (tertiary/aromatic N) is 1. The van der Waals surface area contributed by atoms with Gasteiger partial charge in [-0.3, -0.25) is 9.78 Å². The zero-order chi connectivity index (χ0) is 12.3. The van der Waals surface area contributed by atoms with Gasteiger partial charge >= 0.3 is 0 Å². The summed E-state index contributed by atoms with van der Waals surface area (Å²) in [5.74, 6) is -0.164. The number of hydrogen-bond acceptors (Lipinski definition) is 3.